The SMILES string of the molecule is Cc1ccc2c(oc3ccc4ccccc4c32)c1-c1ccc(C2CCCC2)c[n+]1C. The number of pyridine rings is 1. The Bertz CT molecular complexity index is 1420. The Morgan fingerprint density at radius 1 is 0.867 bits per heavy atom. The molecule has 6 rings (SSSR count). The lowest BCUT2D eigenvalue weighted by Gasteiger charge is -2.10. The molecular formula is C28H26NO+. The van der Waals surface area contributed by atoms with E-state index in [1.807, 2.05) is 0 Å². The van der Waals surface area contributed by atoms with E-state index in [-0.39, 0.29) is 0 Å². The van der Waals surface area contributed by atoms with Crippen molar-refractivity contribution in [3.05, 3.63) is 78.0 Å². The average Bonchev–Trinajstić information content (AvgIpc) is 3.42. The smallest absolute Gasteiger partial charge is 0.216 e. The number of hydrogen-bond acceptors (Lipinski definition) is 1. The molecule has 0 aliphatic heterocycles. The summed E-state index contributed by atoms with van der Waals surface area (Å²) in [7, 11) is 2.17. The fraction of sp³-hybridized carbons (Fsp3) is 0.250. The molecule has 2 heterocycles. The fourth-order valence-corrected chi connectivity index (χ4v) is 5.42. The number of aromatic nitrogens is 1. The standard InChI is InChI=1S/C28H26NO/c1-18-11-14-23-27-22-10-6-5-9-20(22)13-16-25(27)30-28(23)26(18)24-15-12-21(17-29(24)2)19-7-3-4-8-19/h5-6,9-17,19H,3-4,7-8H2,1-2H3/q+1. The van der Waals surface area contributed by atoms with Gasteiger partial charge in [0.15, 0.2) is 6.20 Å². The van der Waals surface area contributed by atoms with Gasteiger partial charge in [0.2, 0.25) is 5.69 Å². The summed E-state index contributed by atoms with van der Waals surface area (Å²) in [6.45, 7) is 2.19. The monoisotopic (exact) mass is 392 g/mol. The van der Waals surface area contributed by atoms with Gasteiger partial charge in [-0.2, -0.15) is 0 Å². The molecule has 0 saturated heterocycles. The van der Waals surface area contributed by atoms with Crippen molar-refractivity contribution in [2.75, 3.05) is 0 Å². The summed E-state index contributed by atoms with van der Waals surface area (Å²) in [5.74, 6) is 0.722. The lowest BCUT2D eigenvalue weighted by atomic mass is 9.96. The number of aryl methyl sites for hydroxylation is 2. The molecule has 2 aromatic heterocycles. The summed E-state index contributed by atoms with van der Waals surface area (Å²) in [6, 6.07) is 21.9. The highest BCUT2D eigenvalue weighted by molar-refractivity contribution is 6.20. The third-order valence-electron chi connectivity index (χ3n) is 6.98. The van der Waals surface area contributed by atoms with Gasteiger partial charge >= 0.3 is 0 Å². The zero-order chi connectivity index (χ0) is 20.2. The maximum absolute atomic E-state index is 6.50. The van der Waals surface area contributed by atoms with Crippen LogP contribution in [0.1, 0.15) is 42.7 Å². The minimum atomic E-state index is 0.722. The lowest BCUT2D eigenvalue weighted by molar-refractivity contribution is -0.660. The van der Waals surface area contributed by atoms with E-state index in [1.54, 1.807) is 0 Å². The predicted octanol–water partition coefficient (Wildman–Crippen LogP) is 7.20. The molecule has 1 fully saturated rings. The van der Waals surface area contributed by atoms with Crippen LogP contribution in [0.4, 0.5) is 0 Å². The second-order valence-electron chi connectivity index (χ2n) is 8.84. The predicted molar refractivity (Wildman–Crippen MR) is 124 cm³/mol. The highest BCUT2D eigenvalue weighted by Gasteiger charge is 2.24. The van der Waals surface area contributed by atoms with Crippen molar-refractivity contribution < 1.29 is 8.98 Å². The van der Waals surface area contributed by atoms with Crippen LogP contribution >= 0.6 is 0 Å². The van der Waals surface area contributed by atoms with Gasteiger partial charge in [0.05, 0.1) is 5.56 Å². The van der Waals surface area contributed by atoms with Crippen molar-refractivity contribution in [2.24, 2.45) is 7.05 Å². The third-order valence-corrected chi connectivity index (χ3v) is 6.98. The Kier molecular flexibility index (Phi) is 3.95. The molecule has 0 atom stereocenters. The number of rotatable bonds is 2. The topological polar surface area (TPSA) is 17.0 Å². The molecule has 0 unspecified atom stereocenters. The second kappa shape index (κ2) is 6.70. The zero-order valence-electron chi connectivity index (χ0n) is 17.6. The lowest BCUT2D eigenvalue weighted by Crippen LogP contribution is -2.31. The number of benzene rings is 3. The zero-order valence-corrected chi connectivity index (χ0v) is 17.6. The van der Waals surface area contributed by atoms with Crippen LogP contribution in [-0.4, -0.2) is 0 Å². The number of hydrogen-bond donors (Lipinski definition) is 0. The molecule has 1 aliphatic carbocycles. The average molecular weight is 393 g/mol. The van der Waals surface area contributed by atoms with Crippen LogP contribution < -0.4 is 4.57 Å². The van der Waals surface area contributed by atoms with Crippen LogP contribution in [-0.2, 0) is 7.05 Å². The van der Waals surface area contributed by atoms with E-state index in [4.69, 9.17) is 4.42 Å². The summed E-state index contributed by atoms with van der Waals surface area (Å²) in [5, 5.41) is 4.92. The molecule has 0 radical (unpaired) electrons. The van der Waals surface area contributed by atoms with E-state index in [0.29, 0.717) is 0 Å². The van der Waals surface area contributed by atoms with E-state index in [0.717, 1.165) is 17.1 Å². The minimum Gasteiger partial charge on any atom is -0.455 e. The van der Waals surface area contributed by atoms with Crippen LogP contribution in [0.3, 0.4) is 0 Å². The van der Waals surface area contributed by atoms with Gasteiger partial charge in [-0.05, 0) is 54.2 Å². The summed E-state index contributed by atoms with van der Waals surface area (Å²) < 4.78 is 8.79. The minimum absolute atomic E-state index is 0.722. The van der Waals surface area contributed by atoms with Crippen molar-refractivity contribution >= 4 is 32.7 Å². The van der Waals surface area contributed by atoms with E-state index in [1.165, 1.54) is 69.6 Å². The molecule has 148 valence electrons. The summed E-state index contributed by atoms with van der Waals surface area (Å²) in [4.78, 5) is 0. The molecule has 1 aliphatic rings. The Morgan fingerprint density at radius 2 is 1.70 bits per heavy atom. The van der Waals surface area contributed by atoms with Gasteiger partial charge in [-0.3, -0.25) is 0 Å². The first-order valence-electron chi connectivity index (χ1n) is 11.0. The van der Waals surface area contributed by atoms with E-state index in [2.05, 4.69) is 85.4 Å². The van der Waals surface area contributed by atoms with Crippen molar-refractivity contribution in [3.8, 4) is 11.3 Å². The summed E-state index contributed by atoms with van der Waals surface area (Å²) in [5.41, 5.74) is 7.08. The second-order valence-corrected chi connectivity index (χ2v) is 8.84. The Hall–Kier alpha value is -3.13. The molecule has 0 spiro atoms. The fourth-order valence-electron chi connectivity index (χ4n) is 5.42. The molecule has 1 saturated carbocycles. The third kappa shape index (κ3) is 2.60. The first-order valence-corrected chi connectivity index (χ1v) is 11.0. The molecule has 5 aromatic rings. The molecule has 3 aromatic carbocycles. The number of furan rings is 1. The molecule has 0 N–H and O–H groups in total. The van der Waals surface area contributed by atoms with Crippen molar-refractivity contribution in [2.45, 2.75) is 38.5 Å². The Morgan fingerprint density at radius 3 is 2.53 bits per heavy atom. The normalized spacial score (nSPS) is 15.0. The van der Waals surface area contributed by atoms with Crippen LogP contribution in [0.5, 0.6) is 0 Å². The Labute approximate surface area is 176 Å². The molecular weight excluding hydrogens is 366 g/mol. The van der Waals surface area contributed by atoms with Crippen molar-refractivity contribution in [1.82, 2.24) is 0 Å². The van der Waals surface area contributed by atoms with Gasteiger partial charge in [-0.25, -0.2) is 4.57 Å². The van der Waals surface area contributed by atoms with Gasteiger partial charge in [-0.15, -0.1) is 0 Å². The van der Waals surface area contributed by atoms with Gasteiger partial charge in [0, 0.05) is 22.4 Å². The summed E-state index contributed by atoms with van der Waals surface area (Å²) >= 11 is 0. The van der Waals surface area contributed by atoms with Gasteiger partial charge in [0.1, 0.15) is 18.2 Å². The highest BCUT2D eigenvalue weighted by atomic mass is 16.3. The van der Waals surface area contributed by atoms with Crippen molar-refractivity contribution in [3.63, 3.8) is 0 Å². The number of nitrogens with zero attached hydrogens (tertiary/aromatic N) is 1. The van der Waals surface area contributed by atoms with E-state index < -0.39 is 0 Å². The van der Waals surface area contributed by atoms with Crippen LogP contribution in [0.15, 0.2) is 71.3 Å². The van der Waals surface area contributed by atoms with E-state index >= 15 is 0 Å². The van der Waals surface area contributed by atoms with Gasteiger partial charge < -0.3 is 4.42 Å². The highest BCUT2D eigenvalue weighted by Crippen LogP contribution is 2.40. The maximum atomic E-state index is 6.50. The van der Waals surface area contributed by atoms with Crippen LogP contribution in [0.25, 0.3) is 44.0 Å². The molecule has 30 heavy (non-hydrogen) atoms. The first-order chi connectivity index (χ1) is 14.7. The van der Waals surface area contributed by atoms with Gasteiger partial charge in [0.25, 0.3) is 0 Å². The van der Waals surface area contributed by atoms with Crippen molar-refractivity contribution in [1.29, 1.82) is 0 Å². The first kappa shape index (κ1) is 17.7. The van der Waals surface area contributed by atoms with Crippen LogP contribution in [0.2, 0.25) is 0 Å². The Balaban J connectivity index is 1.61. The molecule has 2 heteroatoms. The largest absolute Gasteiger partial charge is 0.455 e. The maximum Gasteiger partial charge on any atom is 0.216 e. The number of fused-ring (bicyclic) bond motifs is 5. The molecule has 0 amide bonds. The summed E-state index contributed by atoms with van der Waals surface area (Å²) in [6.07, 6.45) is 7.71. The molecule has 2 nitrogen and oxygen atoms in total. The van der Waals surface area contributed by atoms with Crippen LogP contribution in [0, 0.1) is 6.92 Å². The quantitative estimate of drug-likeness (QED) is 0.290. The molecule has 0 bridgehead atoms. The van der Waals surface area contributed by atoms with E-state index in [9.17, 15) is 0 Å². The van der Waals surface area contributed by atoms with Gasteiger partial charge in [-0.1, -0.05) is 55.3 Å².